The molecule has 0 atom stereocenters. The number of hydrogen-bond acceptors (Lipinski definition) is 7. The molecule has 3 aromatic carbocycles. The minimum absolute atomic E-state index is 0.0782. The van der Waals surface area contributed by atoms with E-state index in [2.05, 4.69) is 38.9 Å². The quantitative estimate of drug-likeness (QED) is 0.183. The maximum Gasteiger partial charge on any atom is 0.252 e. The molecule has 0 bridgehead atoms. The van der Waals surface area contributed by atoms with Gasteiger partial charge in [0.1, 0.15) is 5.71 Å². The van der Waals surface area contributed by atoms with Crippen LogP contribution < -0.4 is 16.0 Å². The number of amides is 3. The van der Waals surface area contributed by atoms with E-state index < -0.39 is 0 Å². The van der Waals surface area contributed by atoms with Gasteiger partial charge in [0.15, 0.2) is 0 Å². The Labute approximate surface area is 262 Å². The van der Waals surface area contributed by atoms with Gasteiger partial charge in [-0.1, -0.05) is 35.9 Å². The molecule has 0 unspecified atom stereocenters. The Morgan fingerprint density at radius 2 is 1.70 bits per heavy atom. The summed E-state index contributed by atoms with van der Waals surface area (Å²) < 4.78 is 10.8. The van der Waals surface area contributed by atoms with Gasteiger partial charge in [0.2, 0.25) is 11.8 Å². The van der Waals surface area contributed by atoms with Crippen LogP contribution in [0, 0.1) is 11.8 Å². The van der Waals surface area contributed by atoms with Gasteiger partial charge in [-0.25, -0.2) is 0 Å². The summed E-state index contributed by atoms with van der Waals surface area (Å²) in [7, 11) is 1.63. The summed E-state index contributed by atoms with van der Waals surface area (Å²) in [5, 5.41) is 8.25. The third-order valence-electron chi connectivity index (χ3n) is 6.50. The van der Waals surface area contributed by atoms with Crippen molar-refractivity contribution in [3.8, 4) is 11.8 Å². The number of carbonyl (C=O) groups excluding carboxylic acids is 3. The van der Waals surface area contributed by atoms with Gasteiger partial charge in [0, 0.05) is 60.1 Å². The molecule has 0 aromatic heterocycles. The van der Waals surface area contributed by atoms with Crippen molar-refractivity contribution in [2.24, 2.45) is 4.99 Å². The summed E-state index contributed by atoms with van der Waals surface area (Å²) in [6, 6.07) is 21.1. The van der Waals surface area contributed by atoms with Gasteiger partial charge >= 0.3 is 0 Å². The first-order valence-corrected chi connectivity index (χ1v) is 15.2. The highest BCUT2D eigenvalue weighted by atomic mass is 32.2. The number of ether oxygens (including phenoxy) is 2. The van der Waals surface area contributed by atoms with Crippen molar-refractivity contribution in [1.29, 1.82) is 0 Å². The summed E-state index contributed by atoms with van der Waals surface area (Å²) in [6.45, 7) is 4.30. The SMILES string of the molecule is CNC(=O)c1ccccc1Sc1ccc2c(c1)CN=C2C#Cc1ccc(NC(=O)CCCOCCOCCNC(C)=O)cc1. The Kier molecular flexibility index (Phi) is 12.6. The predicted molar refractivity (Wildman–Crippen MR) is 172 cm³/mol. The first-order valence-electron chi connectivity index (χ1n) is 14.4. The molecule has 44 heavy (non-hydrogen) atoms. The van der Waals surface area contributed by atoms with Crippen LogP contribution in [0.5, 0.6) is 0 Å². The molecule has 4 rings (SSSR count). The molecular weight excluding hydrogens is 576 g/mol. The highest BCUT2D eigenvalue weighted by Gasteiger charge is 2.16. The molecule has 0 aliphatic carbocycles. The van der Waals surface area contributed by atoms with Crippen LogP contribution in [0.15, 0.2) is 81.5 Å². The Morgan fingerprint density at radius 3 is 2.48 bits per heavy atom. The van der Waals surface area contributed by atoms with Crippen molar-refractivity contribution in [3.63, 3.8) is 0 Å². The first-order chi connectivity index (χ1) is 21.4. The van der Waals surface area contributed by atoms with Crippen LogP contribution in [-0.2, 0) is 25.6 Å². The molecule has 1 aliphatic heterocycles. The number of fused-ring (bicyclic) bond motifs is 1. The average Bonchev–Trinajstić information content (AvgIpc) is 3.43. The zero-order valence-electron chi connectivity index (χ0n) is 24.9. The van der Waals surface area contributed by atoms with E-state index in [4.69, 9.17) is 9.47 Å². The van der Waals surface area contributed by atoms with E-state index in [1.807, 2.05) is 60.7 Å². The fraction of sp³-hybridized carbons (Fsp3) is 0.294. The second-order valence-electron chi connectivity index (χ2n) is 9.85. The molecule has 0 spiro atoms. The number of nitrogens with one attached hydrogen (secondary N) is 3. The summed E-state index contributed by atoms with van der Waals surface area (Å²) in [5.41, 5.74) is 5.05. The van der Waals surface area contributed by atoms with Gasteiger partial charge in [0.05, 0.1) is 31.9 Å². The number of aliphatic imine (C=N–C) groups is 1. The summed E-state index contributed by atoms with van der Waals surface area (Å²) in [4.78, 5) is 41.8. The standard InChI is InChI=1S/C34H36N4O5S/c1-24(39)36-17-19-43-21-20-42-18-5-8-33(40)38-27-12-9-25(10-13-27)11-16-31-29-15-14-28(22-26(29)23-37-31)44-32-7-4-3-6-30(32)34(41)35-2/h3-4,6-7,9-10,12-15,22H,5,8,17-21,23H2,1-2H3,(H,35,41)(H,36,39)(H,38,40). The van der Waals surface area contributed by atoms with Gasteiger partial charge in [0.25, 0.3) is 5.91 Å². The largest absolute Gasteiger partial charge is 0.379 e. The molecule has 3 amide bonds. The molecule has 0 fully saturated rings. The molecule has 1 heterocycles. The summed E-state index contributed by atoms with van der Waals surface area (Å²) in [5.74, 6) is 6.10. The van der Waals surface area contributed by atoms with Crippen LogP contribution in [0.25, 0.3) is 0 Å². The van der Waals surface area contributed by atoms with E-state index in [0.717, 1.165) is 32.2 Å². The first kappa shape index (κ1) is 32.5. The second kappa shape index (κ2) is 17.0. The van der Waals surface area contributed by atoms with Gasteiger partial charge in [-0.2, -0.15) is 0 Å². The Bertz CT molecular complexity index is 1560. The normalized spacial score (nSPS) is 11.5. The van der Waals surface area contributed by atoms with Gasteiger partial charge < -0.3 is 25.4 Å². The number of carbonyl (C=O) groups is 3. The lowest BCUT2D eigenvalue weighted by molar-refractivity contribution is -0.119. The molecule has 9 nitrogen and oxygen atoms in total. The number of anilines is 1. The maximum atomic E-state index is 12.3. The fourth-order valence-corrected chi connectivity index (χ4v) is 5.31. The molecule has 3 aromatic rings. The summed E-state index contributed by atoms with van der Waals surface area (Å²) >= 11 is 1.55. The molecule has 0 saturated carbocycles. The van der Waals surface area contributed by atoms with E-state index in [1.165, 1.54) is 6.92 Å². The molecule has 0 radical (unpaired) electrons. The maximum absolute atomic E-state index is 12.3. The van der Waals surface area contributed by atoms with Crippen LogP contribution >= 0.6 is 11.8 Å². The third kappa shape index (κ3) is 10.1. The highest BCUT2D eigenvalue weighted by Crippen LogP contribution is 2.33. The van der Waals surface area contributed by atoms with Gasteiger partial charge in [-0.15, -0.1) is 0 Å². The number of rotatable bonds is 14. The van der Waals surface area contributed by atoms with E-state index in [-0.39, 0.29) is 17.7 Å². The van der Waals surface area contributed by atoms with Crippen LogP contribution in [0.2, 0.25) is 0 Å². The van der Waals surface area contributed by atoms with Crippen molar-refractivity contribution < 1.29 is 23.9 Å². The van der Waals surface area contributed by atoms with Crippen molar-refractivity contribution in [1.82, 2.24) is 10.6 Å². The Morgan fingerprint density at radius 1 is 0.932 bits per heavy atom. The van der Waals surface area contributed by atoms with Crippen LogP contribution in [0.1, 0.15) is 46.8 Å². The van der Waals surface area contributed by atoms with Crippen molar-refractivity contribution in [2.75, 3.05) is 45.3 Å². The lowest BCUT2D eigenvalue weighted by atomic mass is 10.1. The van der Waals surface area contributed by atoms with E-state index in [9.17, 15) is 14.4 Å². The fourth-order valence-electron chi connectivity index (χ4n) is 4.30. The predicted octanol–water partition coefficient (Wildman–Crippen LogP) is 4.44. The lowest BCUT2D eigenvalue weighted by Gasteiger charge is -2.09. The molecule has 10 heteroatoms. The van der Waals surface area contributed by atoms with E-state index in [0.29, 0.717) is 63.6 Å². The monoisotopic (exact) mass is 612 g/mol. The van der Waals surface area contributed by atoms with E-state index in [1.54, 1.807) is 18.8 Å². The van der Waals surface area contributed by atoms with E-state index >= 15 is 0 Å². The number of hydrogen-bond donors (Lipinski definition) is 3. The number of nitrogens with zero attached hydrogens (tertiary/aromatic N) is 1. The topological polar surface area (TPSA) is 118 Å². The Hall–Kier alpha value is -4.43. The van der Waals surface area contributed by atoms with Gasteiger partial charge in [-0.05, 0) is 66.4 Å². The summed E-state index contributed by atoms with van der Waals surface area (Å²) in [6.07, 6.45) is 0.958. The molecular formula is C34H36N4O5S. The van der Waals surface area contributed by atoms with Crippen molar-refractivity contribution in [3.05, 3.63) is 89.0 Å². The highest BCUT2D eigenvalue weighted by molar-refractivity contribution is 7.99. The van der Waals surface area contributed by atoms with Crippen molar-refractivity contribution in [2.45, 2.75) is 36.1 Å². The van der Waals surface area contributed by atoms with Crippen LogP contribution in [-0.4, -0.2) is 63.5 Å². The zero-order chi connectivity index (χ0) is 31.1. The minimum atomic E-state index is -0.109. The van der Waals surface area contributed by atoms with Crippen LogP contribution in [0.3, 0.4) is 0 Å². The third-order valence-corrected chi connectivity index (χ3v) is 7.57. The molecule has 0 saturated heterocycles. The smallest absolute Gasteiger partial charge is 0.252 e. The molecule has 228 valence electrons. The minimum Gasteiger partial charge on any atom is -0.379 e. The molecule has 1 aliphatic rings. The van der Waals surface area contributed by atoms with Crippen LogP contribution in [0.4, 0.5) is 5.69 Å². The average molecular weight is 613 g/mol. The second-order valence-corrected chi connectivity index (χ2v) is 11.0. The van der Waals surface area contributed by atoms with Gasteiger partial charge in [-0.3, -0.25) is 19.4 Å². The lowest BCUT2D eigenvalue weighted by Crippen LogP contribution is -2.24. The number of benzene rings is 3. The zero-order valence-corrected chi connectivity index (χ0v) is 25.7. The van der Waals surface area contributed by atoms with Crippen molar-refractivity contribution >= 4 is 40.9 Å². The Balaban J connectivity index is 1.20. The molecule has 3 N–H and O–H groups in total.